The number of halogens is 2. The topological polar surface area (TPSA) is 27.6 Å². The summed E-state index contributed by atoms with van der Waals surface area (Å²) in [7, 11) is 3.76. The highest BCUT2D eigenvalue weighted by Crippen LogP contribution is 2.05. The zero-order chi connectivity index (χ0) is 14.1. The zero-order valence-corrected chi connectivity index (χ0v) is 15.4. The Labute approximate surface area is 142 Å². The number of hydrogen-bond acceptors (Lipinski definition) is 2. The van der Waals surface area contributed by atoms with Crippen molar-refractivity contribution < 1.29 is 4.39 Å². The Hall–Kier alpha value is -0.500. The second kappa shape index (κ2) is 11.2. The lowest BCUT2D eigenvalue weighted by Gasteiger charge is -2.22. The van der Waals surface area contributed by atoms with Crippen LogP contribution in [-0.4, -0.2) is 43.5 Å². The first kappa shape index (κ1) is 19.5. The Morgan fingerprint density at radius 2 is 2.00 bits per heavy atom. The predicted molar refractivity (Wildman–Crippen MR) is 97.6 cm³/mol. The molecule has 1 aromatic carbocycles. The predicted octanol–water partition coefficient (Wildman–Crippen LogP) is 3.20. The van der Waals surface area contributed by atoms with Crippen molar-refractivity contribution in [3.8, 4) is 0 Å². The Morgan fingerprint density at radius 1 is 1.35 bits per heavy atom. The minimum atomic E-state index is -0.203. The van der Waals surface area contributed by atoms with E-state index in [-0.39, 0.29) is 29.8 Å². The van der Waals surface area contributed by atoms with Crippen LogP contribution in [0.25, 0.3) is 0 Å². The number of nitrogens with zero attached hydrogens (tertiary/aromatic N) is 2. The normalized spacial score (nSPS) is 10.9. The molecule has 114 valence electrons. The molecule has 0 saturated heterocycles. The van der Waals surface area contributed by atoms with Crippen LogP contribution < -0.4 is 5.32 Å². The van der Waals surface area contributed by atoms with Crippen LogP contribution in [0, 0.1) is 5.82 Å². The van der Waals surface area contributed by atoms with Gasteiger partial charge in [-0.05, 0) is 36.1 Å². The summed E-state index contributed by atoms with van der Waals surface area (Å²) >= 11 is 1.84. The smallest absolute Gasteiger partial charge is 0.193 e. The van der Waals surface area contributed by atoms with Gasteiger partial charge in [0.15, 0.2) is 5.96 Å². The Bertz CT molecular complexity index is 398. The van der Waals surface area contributed by atoms with Crippen LogP contribution in [0.3, 0.4) is 0 Å². The standard InChI is InChI=1S/C14H22FN3S.HI/c1-16-14(17-9-4-10-19-3)18(2)11-12-5-7-13(15)8-6-12;/h5-8H,4,9-11H2,1-3H3,(H,16,17);1H. The third-order valence-electron chi connectivity index (χ3n) is 2.71. The lowest BCUT2D eigenvalue weighted by molar-refractivity contribution is 0.476. The molecule has 1 aromatic rings. The molecule has 0 heterocycles. The summed E-state index contributed by atoms with van der Waals surface area (Å²) in [5, 5.41) is 3.32. The molecule has 0 radical (unpaired) electrons. The minimum absolute atomic E-state index is 0. The molecule has 1 N–H and O–H groups in total. The number of aliphatic imine (C=N–C) groups is 1. The van der Waals surface area contributed by atoms with Crippen molar-refractivity contribution in [2.24, 2.45) is 4.99 Å². The number of nitrogens with one attached hydrogen (secondary N) is 1. The molecule has 0 aliphatic carbocycles. The summed E-state index contributed by atoms with van der Waals surface area (Å²) in [4.78, 5) is 6.28. The van der Waals surface area contributed by atoms with Gasteiger partial charge in [0.2, 0.25) is 0 Å². The summed E-state index contributed by atoms with van der Waals surface area (Å²) < 4.78 is 12.8. The van der Waals surface area contributed by atoms with Crippen LogP contribution in [0.4, 0.5) is 4.39 Å². The van der Waals surface area contributed by atoms with Crippen molar-refractivity contribution in [2.45, 2.75) is 13.0 Å². The largest absolute Gasteiger partial charge is 0.356 e. The highest BCUT2D eigenvalue weighted by Gasteiger charge is 2.06. The molecule has 0 amide bonds. The fraction of sp³-hybridized carbons (Fsp3) is 0.500. The van der Waals surface area contributed by atoms with E-state index in [1.54, 1.807) is 19.2 Å². The molecule has 6 heteroatoms. The monoisotopic (exact) mass is 411 g/mol. The van der Waals surface area contributed by atoms with Crippen LogP contribution in [0.2, 0.25) is 0 Å². The van der Waals surface area contributed by atoms with Gasteiger partial charge in [-0.25, -0.2) is 4.39 Å². The molecular formula is C14H23FIN3S. The lowest BCUT2D eigenvalue weighted by Crippen LogP contribution is -2.39. The van der Waals surface area contributed by atoms with Crippen molar-refractivity contribution in [3.63, 3.8) is 0 Å². The fourth-order valence-electron chi connectivity index (χ4n) is 1.74. The number of guanidine groups is 1. The molecule has 0 saturated carbocycles. The maximum atomic E-state index is 12.8. The average molecular weight is 411 g/mol. The van der Waals surface area contributed by atoms with Gasteiger partial charge in [0.1, 0.15) is 5.82 Å². The summed E-state index contributed by atoms with van der Waals surface area (Å²) in [6, 6.07) is 6.56. The molecule has 1 rings (SSSR count). The van der Waals surface area contributed by atoms with Crippen LogP contribution in [0.1, 0.15) is 12.0 Å². The SMILES string of the molecule is CN=C(NCCCSC)N(C)Cc1ccc(F)cc1.I. The van der Waals surface area contributed by atoms with Gasteiger partial charge in [0.05, 0.1) is 0 Å². The molecule has 0 bridgehead atoms. The summed E-state index contributed by atoms with van der Waals surface area (Å²) in [6.07, 6.45) is 3.22. The van der Waals surface area contributed by atoms with E-state index in [2.05, 4.69) is 16.6 Å². The van der Waals surface area contributed by atoms with Crippen molar-refractivity contribution in [1.82, 2.24) is 10.2 Å². The minimum Gasteiger partial charge on any atom is -0.356 e. The quantitative estimate of drug-likeness (QED) is 0.337. The van der Waals surface area contributed by atoms with Gasteiger partial charge in [-0.3, -0.25) is 4.99 Å². The van der Waals surface area contributed by atoms with E-state index in [4.69, 9.17) is 0 Å². The van der Waals surface area contributed by atoms with Crippen LogP contribution >= 0.6 is 35.7 Å². The number of hydrogen-bond donors (Lipinski definition) is 1. The van der Waals surface area contributed by atoms with E-state index < -0.39 is 0 Å². The first-order valence-electron chi connectivity index (χ1n) is 6.32. The van der Waals surface area contributed by atoms with Crippen molar-refractivity contribution in [2.75, 3.05) is 32.6 Å². The molecular weight excluding hydrogens is 388 g/mol. The number of benzene rings is 1. The molecule has 0 spiro atoms. The number of rotatable bonds is 6. The maximum Gasteiger partial charge on any atom is 0.193 e. The van der Waals surface area contributed by atoms with Gasteiger partial charge in [0, 0.05) is 27.2 Å². The molecule has 0 atom stereocenters. The average Bonchev–Trinajstić information content (AvgIpc) is 2.41. The van der Waals surface area contributed by atoms with Crippen LogP contribution in [0.15, 0.2) is 29.3 Å². The van der Waals surface area contributed by atoms with E-state index in [1.165, 1.54) is 12.1 Å². The van der Waals surface area contributed by atoms with E-state index in [1.807, 2.05) is 23.7 Å². The second-order valence-electron chi connectivity index (χ2n) is 4.30. The Kier molecular flexibility index (Phi) is 10.9. The first-order chi connectivity index (χ1) is 9.17. The summed E-state index contributed by atoms with van der Waals surface area (Å²) in [5.74, 6) is 1.81. The zero-order valence-electron chi connectivity index (χ0n) is 12.2. The molecule has 0 aromatic heterocycles. The van der Waals surface area contributed by atoms with Gasteiger partial charge in [-0.15, -0.1) is 24.0 Å². The van der Waals surface area contributed by atoms with E-state index in [0.29, 0.717) is 6.54 Å². The van der Waals surface area contributed by atoms with Gasteiger partial charge in [-0.1, -0.05) is 12.1 Å². The van der Waals surface area contributed by atoms with Gasteiger partial charge in [-0.2, -0.15) is 11.8 Å². The molecule has 20 heavy (non-hydrogen) atoms. The summed E-state index contributed by atoms with van der Waals surface area (Å²) in [5.41, 5.74) is 1.07. The molecule has 0 aliphatic heterocycles. The third-order valence-corrected chi connectivity index (χ3v) is 3.41. The Morgan fingerprint density at radius 3 is 2.55 bits per heavy atom. The van der Waals surface area contributed by atoms with Crippen LogP contribution in [-0.2, 0) is 6.54 Å². The van der Waals surface area contributed by atoms with E-state index >= 15 is 0 Å². The van der Waals surface area contributed by atoms with Gasteiger partial charge >= 0.3 is 0 Å². The number of thioether (sulfide) groups is 1. The van der Waals surface area contributed by atoms with Gasteiger partial charge in [0.25, 0.3) is 0 Å². The fourth-order valence-corrected chi connectivity index (χ4v) is 2.17. The van der Waals surface area contributed by atoms with E-state index in [0.717, 1.165) is 30.2 Å². The van der Waals surface area contributed by atoms with E-state index in [9.17, 15) is 4.39 Å². The molecule has 3 nitrogen and oxygen atoms in total. The second-order valence-corrected chi connectivity index (χ2v) is 5.29. The highest BCUT2D eigenvalue weighted by atomic mass is 127. The van der Waals surface area contributed by atoms with Crippen LogP contribution in [0.5, 0.6) is 0 Å². The lowest BCUT2D eigenvalue weighted by atomic mass is 10.2. The summed E-state index contributed by atoms with van der Waals surface area (Å²) in [6.45, 7) is 1.63. The molecule has 0 fully saturated rings. The Balaban J connectivity index is 0.00000361. The first-order valence-corrected chi connectivity index (χ1v) is 7.72. The molecule has 0 aliphatic rings. The molecule has 0 unspecified atom stereocenters. The highest BCUT2D eigenvalue weighted by molar-refractivity contribution is 14.0. The maximum absolute atomic E-state index is 12.8. The third kappa shape index (κ3) is 7.33. The van der Waals surface area contributed by atoms with Crippen molar-refractivity contribution in [3.05, 3.63) is 35.6 Å². The van der Waals surface area contributed by atoms with Gasteiger partial charge < -0.3 is 10.2 Å². The van der Waals surface area contributed by atoms with Crippen molar-refractivity contribution in [1.29, 1.82) is 0 Å². The van der Waals surface area contributed by atoms with Crippen molar-refractivity contribution >= 4 is 41.7 Å².